The highest BCUT2D eigenvalue weighted by Gasteiger charge is 2.30. The summed E-state index contributed by atoms with van der Waals surface area (Å²) in [6, 6.07) is 9.59. The molecule has 1 aromatic heterocycles. The van der Waals surface area contributed by atoms with Crippen molar-refractivity contribution in [2.45, 2.75) is 12.6 Å². The van der Waals surface area contributed by atoms with E-state index in [9.17, 15) is 14.0 Å². The monoisotopic (exact) mass is 426 g/mol. The zero-order valence-electron chi connectivity index (χ0n) is 15.8. The zero-order valence-corrected chi connectivity index (χ0v) is 16.6. The van der Waals surface area contributed by atoms with Crippen LogP contribution in [0.1, 0.15) is 22.9 Å². The van der Waals surface area contributed by atoms with Gasteiger partial charge in [0.25, 0.3) is 5.56 Å². The molecule has 0 spiro atoms. The van der Waals surface area contributed by atoms with Crippen LogP contribution in [0, 0.1) is 17.1 Å². The molecule has 30 heavy (non-hydrogen) atoms. The normalized spacial score (nSPS) is 15.3. The second-order valence-electron chi connectivity index (χ2n) is 6.91. The molecular formula is C21H16ClFN4O3. The van der Waals surface area contributed by atoms with Gasteiger partial charge in [0.1, 0.15) is 11.9 Å². The molecule has 0 radical (unpaired) electrons. The molecule has 0 fully saturated rings. The van der Waals surface area contributed by atoms with Gasteiger partial charge in [-0.15, -0.1) is 0 Å². The number of nitrogens with one attached hydrogen (secondary N) is 2. The molecule has 152 valence electrons. The fourth-order valence-corrected chi connectivity index (χ4v) is 3.74. The summed E-state index contributed by atoms with van der Waals surface area (Å²) in [6.07, 6.45) is 0. The lowest BCUT2D eigenvalue weighted by molar-refractivity contribution is 0.0527. The van der Waals surface area contributed by atoms with Crippen molar-refractivity contribution in [2.75, 3.05) is 19.0 Å². The Labute approximate surface area is 175 Å². The lowest BCUT2D eigenvalue weighted by atomic mass is 9.96. The standard InChI is InChI=1S/C21H16ClFN4O3/c1-27(21(29)25-13-3-5-16(23)11(6-13)8-24)18-10-30-9-17-19(18)14-4-2-12(22)7-15(14)20(28)26-17/h2-7,18H,9-10H2,1H3,(H,25,29)(H,26,28)/t18-/m1/s1. The number of hydrogen-bond acceptors (Lipinski definition) is 4. The largest absolute Gasteiger partial charge is 0.373 e. The van der Waals surface area contributed by atoms with Crippen LogP contribution in [-0.2, 0) is 11.3 Å². The van der Waals surface area contributed by atoms with Gasteiger partial charge in [-0.2, -0.15) is 5.26 Å². The van der Waals surface area contributed by atoms with Gasteiger partial charge in [0, 0.05) is 34.4 Å². The van der Waals surface area contributed by atoms with E-state index in [1.807, 2.05) is 0 Å². The molecule has 0 saturated heterocycles. The van der Waals surface area contributed by atoms with Crippen LogP contribution in [0.2, 0.25) is 5.02 Å². The van der Waals surface area contributed by atoms with Crippen LogP contribution in [0.25, 0.3) is 10.8 Å². The molecule has 0 bridgehead atoms. The average Bonchev–Trinajstić information content (AvgIpc) is 2.74. The minimum Gasteiger partial charge on any atom is -0.373 e. The molecule has 1 aliphatic rings. The number of rotatable bonds is 2. The van der Waals surface area contributed by atoms with Gasteiger partial charge >= 0.3 is 6.03 Å². The number of carbonyl (C=O) groups is 1. The Morgan fingerprint density at radius 3 is 2.90 bits per heavy atom. The van der Waals surface area contributed by atoms with Gasteiger partial charge < -0.3 is 19.9 Å². The lowest BCUT2D eigenvalue weighted by Gasteiger charge is -2.33. The number of halogens is 2. The van der Waals surface area contributed by atoms with E-state index >= 15 is 0 Å². The van der Waals surface area contributed by atoms with Crippen molar-refractivity contribution in [3.8, 4) is 6.07 Å². The number of likely N-dealkylation sites (N-methyl/N-ethyl adjacent to an activating group) is 1. The molecule has 4 rings (SSSR count). The summed E-state index contributed by atoms with van der Waals surface area (Å²) < 4.78 is 19.1. The molecule has 0 aliphatic carbocycles. The number of hydrogen-bond donors (Lipinski definition) is 2. The van der Waals surface area contributed by atoms with Gasteiger partial charge in [0.15, 0.2) is 0 Å². The number of fused-ring (bicyclic) bond motifs is 3. The van der Waals surface area contributed by atoms with Crippen molar-refractivity contribution in [2.24, 2.45) is 0 Å². The zero-order chi connectivity index (χ0) is 21.4. The first-order chi connectivity index (χ1) is 14.4. The van der Waals surface area contributed by atoms with E-state index in [2.05, 4.69) is 10.3 Å². The van der Waals surface area contributed by atoms with E-state index in [-0.39, 0.29) is 24.3 Å². The van der Waals surface area contributed by atoms with Crippen LogP contribution in [0.15, 0.2) is 41.2 Å². The third-order valence-electron chi connectivity index (χ3n) is 5.09. The maximum atomic E-state index is 13.5. The maximum absolute atomic E-state index is 13.5. The smallest absolute Gasteiger partial charge is 0.322 e. The maximum Gasteiger partial charge on any atom is 0.322 e. The van der Waals surface area contributed by atoms with Gasteiger partial charge in [-0.1, -0.05) is 17.7 Å². The summed E-state index contributed by atoms with van der Waals surface area (Å²) >= 11 is 6.05. The number of ether oxygens (including phenoxy) is 1. The summed E-state index contributed by atoms with van der Waals surface area (Å²) in [5.41, 5.74) is 1.22. The highest BCUT2D eigenvalue weighted by atomic mass is 35.5. The minimum absolute atomic E-state index is 0.165. The van der Waals surface area contributed by atoms with Crippen molar-refractivity contribution in [3.63, 3.8) is 0 Å². The Balaban J connectivity index is 1.70. The lowest BCUT2D eigenvalue weighted by Crippen LogP contribution is -2.39. The van der Waals surface area contributed by atoms with Gasteiger partial charge in [0.05, 0.1) is 24.8 Å². The van der Waals surface area contributed by atoms with Crippen LogP contribution < -0.4 is 10.9 Å². The summed E-state index contributed by atoms with van der Waals surface area (Å²) in [5.74, 6) is -0.660. The number of benzene rings is 2. The van der Waals surface area contributed by atoms with Crippen LogP contribution in [0.4, 0.5) is 14.9 Å². The number of H-pyrrole nitrogens is 1. The minimum atomic E-state index is -0.660. The Morgan fingerprint density at radius 1 is 1.33 bits per heavy atom. The van der Waals surface area contributed by atoms with E-state index < -0.39 is 17.9 Å². The molecule has 9 heteroatoms. The molecule has 3 aromatic rings. The first-order valence-corrected chi connectivity index (χ1v) is 9.42. The van der Waals surface area contributed by atoms with Gasteiger partial charge in [0.2, 0.25) is 0 Å². The van der Waals surface area contributed by atoms with Crippen LogP contribution in [0.3, 0.4) is 0 Å². The Hall–Kier alpha value is -3.41. The quantitative estimate of drug-likeness (QED) is 0.648. The predicted molar refractivity (Wildman–Crippen MR) is 110 cm³/mol. The first kappa shape index (κ1) is 19.9. The highest BCUT2D eigenvalue weighted by molar-refractivity contribution is 6.31. The first-order valence-electron chi connectivity index (χ1n) is 9.04. The number of aromatic nitrogens is 1. The molecular weight excluding hydrogens is 411 g/mol. The fraction of sp³-hybridized carbons (Fsp3) is 0.190. The van der Waals surface area contributed by atoms with Gasteiger partial charge in [-0.25, -0.2) is 9.18 Å². The number of carbonyl (C=O) groups excluding carboxylic acids is 1. The molecule has 2 heterocycles. The second-order valence-corrected chi connectivity index (χ2v) is 7.35. The van der Waals surface area contributed by atoms with E-state index in [0.717, 1.165) is 11.6 Å². The topological polar surface area (TPSA) is 98.2 Å². The summed E-state index contributed by atoms with van der Waals surface area (Å²) in [7, 11) is 1.60. The van der Waals surface area contributed by atoms with E-state index in [4.69, 9.17) is 21.6 Å². The molecule has 0 unspecified atom stereocenters. The summed E-state index contributed by atoms with van der Waals surface area (Å²) in [5, 5.41) is 13.2. The van der Waals surface area contributed by atoms with Crippen molar-refractivity contribution in [1.82, 2.24) is 9.88 Å². The number of aromatic amines is 1. The van der Waals surface area contributed by atoms with E-state index in [1.165, 1.54) is 17.0 Å². The number of nitriles is 1. The molecule has 2 N–H and O–H groups in total. The Morgan fingerprint density at radius 2 is 2.13 bits per heavy atom. The van der Waals surface area contributed by atoms with Crippen LogP contribution >= 0.6 is 11.6 Å². The van der Waals surface area contributed by atoms with Crippen molar-refractivity contribution >= 4 is 34.1 Å². The molecule has 1 aliphatic heterocycles. The molecule has 0 saturated carbocycles. The number of pyridine rings is 1. The van der Waals surface area contributed by atoms with Crippen molar-refractivity contribution in [3.05, 3.63) is 74.4 Å². The molecule has 2 amide bonds. The van der Waals surface area contributed by atoms with Crippen LogP contribution in [0.5, 0.6) is 0 Å². The summed E-state index contributed by atoms with van der Waals surface area (Å²) in [4.78, 5) is 29.5. The highest BCUT2D eigenvalue weighted by Crippen LogP contribution is 2.33. The van der Waals surface area contributed by atoms with Gasteiger partial charge in [-0.05, 0) is 35.7 Å². The predicted octanol–water partition coefficient (Wildman–Crippen LogP) is 3.93. The van der Waals surface area contributed by atoms with Gasteiger partial charge in [-0.3, -0.25) is 4.79 Å². The molecule has 1 atom stereocenters. The number of anilines is 1. The molecule has 7 nitrogen and oxygen atoms in total. The van der Waals surface area contributed by atoms with Crippen molar-refractivity contribution < 1.29 is 13.9 Å². The van der Waals surface area contributed by atoms with E-state index in [0.29, 0.717) is 27.2 Å². The third kappa shape index (κ3) is 3.49. The summed E-state index contributed by atoms with van der Waals surface area (Å²) in [6.45, 7) is 0.451. The third-order valence-corrected chi connectivity index (χ3v) is 5.32. The second kappa shape index (κ2) is 7.78. The van der Waals surface area contributed by atoms with Crippen LogP contribution in [-0.4, -0.2) is 29.6 Å². The fourth-order valence-electron chi connectivity index (χ4n) is 3.57. The SMILES string of the molecule is CN(C(=O)Nc1ccc(F)c(C#N)c1)[C@@H]1COCc2[nH]c(=O)c3cc(Cl)ccc3c21. The average molecular weight is 427 g/mol. The van der Waals surface area contributed by atoms with Crippen molar-refractivity contribution in [1.29, 1.82) is 5.26 Å². The Kier molecular flexibility index (Phi) is 5.16. The van der Waals surface area contributed by atoms with E-state index in [1.54, 1.807) is 31.3 Å². The number of amides is 2. The number of nitrogens with zero attached hydrogens (tertiary/aromatic N) is 2. The Bertz CT molecular complexity index is 1270. The number of urea groups is 1. The molecule has 2 aromatic carbocycles.